The molecule has 1 N–H and O–H groups in total. The summed E-state index contributed by atoms with van der Waals surface area (Å²) in [4.78, 5) is 4.15. The van der Waals surface area contributed by atoms with E-state index < -0.39 is 6.10 Å². The van der Waals surface area contributed by atoms with Crippen LogP contribution in [0.1, 0.15) is 5.56 Å². The van der Waals surface area contributed by atoms with E-state index in [0.717, 1.165) is 9.90 Å². The average Bonchev–Trinajstić information content (AvgIpc) is 2.91. The van der Waals surface area contributed by atoms with Crippen LogP contribution in [0.4, 0.5) is 0 Å². The molecular formula is C13H15NO2S2. The summed E-state index contributed by atoms with van der Waals surface area (Å²) in [5.41, 5.74) is 1.12. The summed E-state index contributed by atoms with van der Waals surface area (Å²) < 4.78 is 6.45. The number of rotatable bonds is 7. The van der Waals surface area contributed by atoms with E-state index in [-0.39, 0.29) is 0 Å². The minimum Gasteiger partial charge on any atom is -0.390 e. The predicted molar refractivity (Wildman–Crippen MR) is 74.9 cm³/mol. The first-order chi connectivity index (χ1) is 8.84. The Labute approximate surface area is 115 Å². The Morgan fingerprint density at radius 3 is 2.89 bits per heavy atom. The smallest absolute Gasteiger partial charge is 0.149 e. The van der Waals surface area contributed by atoms with Gasteiger partial charge in [-0.2, -0.15) is 0 Å². The normalized spacial score (nSPS) is 12.5. The van der Waals surface area contributed by atoms with E-state index in [9.17, 15) is 5.11 Å². The molecule has 0 aliphatic heterocycles. The molecule has 2 aromatic rings. The molecular weight excluding hydrogens is 266 g/mol. The second kappa shape index (κ2) is 7.53. The number of thiazole rings is 1. The molecule has 3 nitrogen and oxygen atoms in total. The molecule has 0 spiro atoms. The molecule has 0 aliphatic rings. The van der Waals surface area contributed by atoms with E-state index in [1.807, 2.05) is 35.7 Å². The quantitative estimate of drug-likeness (QED) is 0.793. The molecule has 1 heterocycles. The van der Waals surface area contributed by atoms with Crippen molar-refractivity contribution in [2.24, 2.45) is 0 Å². The molecule has 1 aromatic carbocycles. The highest BCUT2D eigenvalue weighted by atomic mass is 32.2. The third-order valence-electron chi connectivity index (χ3n) is 2.23. The Balaban J connectivity index is 1.61. The summed E-state index contributed by atoms with van der Waals surface area (Å²) in [5.74, 6) is 0.613. The Morgan fingerprint density at radius 1 is 1.33 bits per heavy atom. The summed E-state index contributed by atoms with van der Waals surface area (Å²) in [7, 11) is 0. The van der Waals surface area contributed by atoms with Crippen molar-refractivity contribution in [1.82, 2.24) is 4.98 Å². The molecule has 0 aliphatic carbocycles. The molecule has 96 valence electrons. The van der Waals surface area contributed by atoms with Gasteiger partial charge in [-0.15, -0.1) is 11.3 Å². The number of hydrogen-bond acceptors (Lipinski definition) is 5. The molecule has 0 saturated carbocycles. The summed E-state index contributed by atoms with van der Waals surface area (Å²) >= 11 is 3.14. The first kappa shape index (κ1) is 13.5. The van der Waals surface area contributed by atoms with Crippen molar-refractivity contribution in [3.8, 4) is 0 Å². The van der Waals surface area contributed by atoms with Gasteiger partial charge in [0.05, 0.1) is 19.3 Å². The van der Waals surface area contributed by atoms with E-state index in [0.29, 0.717) is 19.0 Å². The Kier molecular flexibility index (Phi) is 5.67. The van der Waals surface area contributed by atoms with Crippen LogP contribution in [0.15, 0.2) is 46.2 Å². The van der Waals surface area contributed by atoms with Gasteiger partial charge in [-0.05, 0) is 5.56 Å². The first-order valence-corrected chi connectivity index (χ1v) is 7.53. The Hall–Kier alpha value is -0.880. The van der Waals surface area contributed by atoms with Crippen molar-refractivity contribution in [1.29, 1.82) is 0 Å². The highest BCUT2D eigenvalue weighted by molar-refractivity contribution is 8.01. The molecule has 5 heteroatoms. The lowest BCUT2D eigenvalue weighted by molar-refractivity contribution is 0.0398. The maximum absolute atomic E-state index is 9.76. The third kappa shape index (κ3) is 4.78. The zero-order valence-corrected chi connectivity index (χ0v) is 11.5. The van der Waals surface area contributed by atoms with Crippen molar-refractivity contribution in [3.05, 3.63) is 47.5 Å². The molecule has 0 bridgehead atoms. The molecule has 1 atom stereocenters. The number of aromatic nitrogens is 1. The lowest BCUT2D eigenvalue weighted by atomic mass is 10.2. The van der Waals surface area contributed by atoms with Gasteiger partial charge in [-0.1, -0.05) is 42.1 Å². The van der Waals surface area contributed by atoms with Crippen LogP contribution in [-0.2, 0) is 11.3 Å². The van der Waals surface area contributed by atoms with Gasteiger partial charge in [0, 0.05) is 17.3 Å². The van der Waals surface area contributed by atoms with Crippen molar-refractivity contribution in [3.63, 3.8) is 0 Å². The molecule has 18 heavy (non-hydrogen) atoms. The van der Waals surface area contributed by atoms with Crippen LogP contribution in [0.2, 0.25) is 0 Å². The molecule has 2 rings (SSSR count). The van der Waals surface area contributed by atoms with Gasteiger partial charge in [0.2, 0.25) is 0 Å². The molecule has 0 radical (unpaired) electrons. The van der Waals surface area contributed by atoms with Crippen molar-refractivity contribution in [2.75, 3.05) is 12.4 Å². The Bertz CT molecular complexity index is 434. The molecule has 0 fully saturated rings. The van der Waals surface area contributed by atoms with Crippen molar-refractivity contribution >= 4 is 23.1 Å². The van der Waals surface area contributed by atoms with E-state index in [1.54, 1.807) is 29.3 Å². The number of hydrogen-bond donors (Lipinski definition) is 1. The fourth-order valence-electron chi connectivity index (χ4n) is 1.38. The standard InChI is InChI=1S/C13H15NO2S2/c15-12(10-18-13-14-6-7-17-13)9-16-8-11-4-2-1-3-5-11/h1-7,12,15H,8-10H2. The third-order valence-corrected chi connectivity index (χ3v) is 4.34. The summed E-state index contributed by atoms with van der Waals surface area (Å²) in [6.45, 7) is 0.896. The number of ether oxygens (including phenoxy) is 1. The number of aliphatic hydroxyl groups is 1. The molecule has 1 aromatic heterocycles. The molecule has 0 saturated heterocycles. The van der Waals surface area contributed by atoms with Gasteiger partial charge >= 0.3 is 0 Å². The van der Waals surface area contributed by atoms with Crippen LogP contribution in [0.5, 0.6) is 0 Å². The Morgan fingerprint density at radius 2 is 2.17 bits per heavy atom. The van der Waals surface area contributed by atoms with Crippen molar-refractivity contribution < 1.29 is 9.84 Å². The van der Waals surface area contributed by atoms with E-state index in [1.165, 1.54) is 0 Å². The molecule has 1 unspecified atom stereocenters. The van der Waals surface area contributed by atoms with Crippen LogP contribution in [0.25, 0.3) is 0 Å². The largest absolute Gasteiger partial charge is 0.390 e. The van der Waals surface area contributed by atoms with Crippen LogP contribution < -0.4 is 0 Å². The average molecular weight is 281 g/mol. The predicted octanol–water partition coefficient (Wildman–Crippen LogP) is 2.81. The SMILES string of the molecule is OC(COCc1ccccc1)CSc1nccs1. The van der Waals surface area contributed by atoms with Gasteiger partial charge in [-0.3, -0.25) is 0 Å². The van der Waals surface area contributed by atoms with Gasteiger partial charge in [0.25, 0.3) is 0 Å². The maximum atomic E-state index is 9.76. The number of nitrogens with zero attached hydrogens (tertiary/aromatic N) is 1. The second-order valence-corrected chi connectivity index (χ2v) is 5.93. The van der Waals surface area contributed by atoms with Gasteiger partial charge < -0.3 is 9.84 Å². The van der Waals surface area contributed by atoms with E-state index >= 15 is 0 Å². The van der Waals surface area contributed by atoms with Crippen LogP contribution >= 0.6 is 23.1 Å². The number of aliphatic hydroxyl groups excluding tert-OH is 1. The van der Waals surface area contributed by atoms with Crippen LogP contribution in [0, 0.1) is 0 Å². The van der Waals surface area contributed by atoms with Crippen LogP contribution in [0.3, 0.4) is 0 Å². The van der Waals surface area contributed by atoms with Gasteiger partial charge in [-0.25, -0.2) is 4.98 Å². The fraction of sp³-hybridized carbons (Fsp3) is 0.308. The molecule has 0 amide bonds. The lowest BCUT2D eigenvalue weighted by Gasteiger charge is -2.10. The number of benzene rings is 1. The lowest BCUT2D eigenvalue weighted by Crippen LogP contribution is -2.17. The zero-order valence-electron chi connectivity index (χ0n) is 9.86. The number of thioether (sulfide) groups is 1. The summed E-state index contributed by atoms with van der Waals surface area (Å²) in [6.07, 6.45) is 1.31. The van der Waals surface area contributed by atoms with Gasteiger partial charge in [0.1, 0.15) is 4.34 Å². The fourth-order valence-corrected chi connectivity index (χ4v) is 2.95. The minimum absolute atomic E-state index is 0.354. The highest BCUT2D eigenvalue weighted by Crippen LogP contribution is 2.20. The van der Waals surface area contributed by atoms with E-state index in [4.69, 9.17) is 4.74 Å². The van der Waals surface area contributed by atoms with Crippen molar-refractivity contribution in [2.45, 2.75) is 17.1 Å². The van der Waals surface area contributed by atoms with Gasteiger partial charge in [0.15, 0.2) is 0 Å². The highest BCUT2D eigenvalue weighted by Gasteiger charge is 2.06. The topological polar surface area (TPSA) is 42.4 Å². The zero-order chi connectivity index (χ0) is 12.6. The van der Waals surface area contributed by atoms with Crippen LogP contribution in [-0.4, -0.2) is 28.6 Å². The first-order valence-electron chi connectivity index (χ1n) is 5.66. The minimum atomic E-state index is -0.456. The monoisotopic (exact) mass is 281 g/mol. The maximum Gasteiger partial charge on any atom is 0.149 e. The second-order valence-electron chi connectivity index (χ2n) is 3.76. The summed E-state index contributed by atoms with van der Waals surface area (Å²) in [6, 6.07) is 9.96. The summed E-state index contributed by atoms with van der Waals surface area (Å²) in [5, 5.41) is 11.7. The van der Waals surface area contributed by atoms with E-state index in [2.05, 4.69) is 4.98 Å².